The zero-order valence-corrected chi connectivity index (χ0v) is 25.9. The first-order valence-corrected chi connectivity index (χ1v) is 16.6. The third-order valence-electron chi connectivity index (χ3n) is 11.5. The molecular weight excluding hydrogens is 572 g/mol. The van der Waals surface area contributed by atoms with Crippen LogP contribution in [0.1, 0.15) is 67.7 Å². The van der Waals surface area contributed by atoms with Crippen molar-refractivity contribution in [3.63, 3.8) is 0 Å². The number of nitrogens with one attached hydrogen (secondary N) is 1. The van der Waals surface area contributed by atoms with Gasteiger partial charge in [0.1, 0.15) is 5.41 Å². The molecule has 0 unspecified atom stereocenters. The molecule has 240 valence electrons. The SMILES string of the molecule is O=C1C[C@@](C(=O)NCCN2CCOCC2)(c2ccc([N+](=O)[O-])cc2)[C@@H](c2ccc(CO)cc2)N1CC12CC3CC(CC(C3)C1)C2. The number of aliphatic hydroxyl groups excluding tert-OH is 1. The molecule has 2 saturated heterocycles. The van der Waals surface area contributed by atoms with Crippen molar-refractivity contribution in [1.82, 2.24) is 15.1 Å². The highest BCUT2D eigenvalue weighted by molar-refractivity contribution is 5.98. The molecule has 0 radical (unpaired) electrons. The van der Waals surface area contributed by atoms with E-state index in [0.29, 0.717) is 38.4 Å². The van der Waals surface area contributed by atoms with Gasteiger partial charge in [0, 0.05) is 51.3 Å². The van der Waals surface area contributed by atoms with Gasteiger partial charge in [0.25, 0.3) is 5.69 Å². The Morgan fingerprint density at radius 2 is 1.60 bits per heavy atom. The fourth-order valence-corrected chi connectivity index (χ4v) is 9.93. The first-order chi connectivity index (χ1) is 21.8. The summed E-state index contributed by atoms with van der Waals surface area (Å²) in [4.78, 5) is 44.4. The Labute approximate surface area is 264 Å². The normalized spacial score (nSPS) is 32.6. The van der Waals surface area contributed by atoms with Gasteiger partial charge in [0.2, 0.25) is 11.8 Å². The monoisotopic (exact) mass is 616 g/mol. The van der Waals surface area contributed by atoms with Crippen LogP contribution in [0.4, 0.5) is 5.69 Å². The third-order valence-corrected chi connectivity index (χ3v) is 11.5. The number of nitrogens with zero attached hydrogens (tertiary/aromatic N) is 3. The quantitative estimate of drug-likeness (QED) is 0.306. The van der Waals surface area contributed by atoms with E-state index in [1.807, 2.05) is 29.2 Å². The summed E-state index contributed by atoms with van der Waals surface area (Å²) in [6.45, 7) is 4.56. The number of hydrogen-bond donors (Lipinski definition) is 2. The maximum Gasteiger partial charge on any atom is 0.269 e. The van der Waals surface area contributed by atoms with Crippen molar-refractivity contribution in [3.8, 4) is 0 Å². The number of aliphatic hydroxyl groups is 1. The number of hydrogen-bond acceptors (Lipinski definition) is 7. The molecule has 2 aliphatic heterocycles. The summed E-state index contributed by atoms with van der Waals surface area (Å²) in [5.74, 6) is 1.88. The highest BCUT2D eigenvalue weighted by atomic mass is 16.6. The molecule has 0 spiro atoms. The number of morpholine rings is 1. The smallest absolute Gasteiger partial charge is 0.269 e. The van der Waals surface area contributed by atoms with E-state index in [-0.39, 0.29) is 35.9 Å². The molecule has 10 nitrogen and oxygen atoms in total. The van der Waals surface area contributed by atoms with Gasteiger partial charge in [-0.2, -0.15) is 0 Å². The number of benzene rings is 2. The molecule has 4 bridgehead atoms. The van der Waals surface area contributed by atoms with Crippen LogP contribution in [0.15, 0.2) is 48.5 Å². The largest absolute Gasteiger partial charge is 0.392 e. The number of ether oxygens (including phenoxy) is 1. The van der Waals surface area contributed by atoms with Crippen LogP contribution in [0, 0.1) is 33.3 Å². The highest BCUT2D eigenvalue weighted by Gasteiger charge is 2.61. The van der Waals surface area contributed by atoms with Crippen LogP contribution >= 0.6 is 0 Å². The second-order valence-electron chi connectivity index (χ2n) is 14.4. The average Bonchev–Trinajstić information content (AvgIpc) is 3.32. The van der Waals surface area contributed by atoms with Gasteiger partial charge in [-0.1, -0.05) is 36.4 Å². The summed E-state index contributed by atoms with van der Waals surface area (Å²) < 4.78 is 5.48. The zero-order chi connectivity index (χ0) is 31.2. The first kappa shape index (κ1) is 30.3. The number of nitro benzene ring substituents is 1. The lowest BCUT2D eigenvalue weighted by molar-refractivity contribution is -0.384. The number of likely N-dealkylation sites (tertiary alicyclic amines) is 1. The topological polar surface area (TPSA) is 125 Å². The minimum atomic E-state index is -1.28. The van der Waals surface area contributed by atoms with Crippen LogP contribution in [0.3, 0.4) is 0 Å². The van der Waals surface area contributed by atoms with Gasteiger partial charge < -0.3 is 20.1 Å². The molecule has 2 atom stereocenters. The van der Waals surface area contributed by atoms with E-state index in [1.165, 1.54) is 31.4 Å². The third kappa shape index (κ3) is 5.66. The van der Waals surface area contributed by atoms with E-state index in [9.17, 15) is 24.8 Å². The maximum atomic E-state index is 14.7. The summed E-state index contributed by atoms with van der Waals surface area (Å²) >= 11 is 0. The molecule has 2 heterocycles. The van der Waals surface area contributed by atoms with Crippen molar-refractivity contribution in [2.45, 2.75) is 63.0 Å². The summed E-state index contributed by atoms with van der Waals surface area (Å²) in [6, 6.07) is 13.2. The van der Waals surface area contributed by atoms with E-state index < -0.39 is 16.4 Å². The minimum absolute atomic E-state index is 0.00696. The molecule has 4 aliphatic carbocycles. The van der Waals surface area contributed by atoms with Crippen LogP contribution in [0.2, 0.25) is 0 Å². The van der Waals surface area contributed by atoms with Crippen LogP contribution in [0.25, 0.3) is 0 Å². The van der Waals surface area contributed by atoms with E-state index in [1.54, 1.807) is 12.1 Å². The summed E-state index contributed by atoms with van der Waals surface area (Å²) in [7, 11) is 0. The van der Waals surface area contributed by atoms with Gasteiger partial charge in [-0.3, -0.25) is 24.6 Å². The fourth-order valence-electron chi connectivity index (χ4n) is 9.93. The Kier molecular flexibility index (Phi) is 8.16. The minimum Gasteiger partial charge on any atom is -0.392 e. The van der Waals surface area contributed by atoms with E-state index in [4.69, 9.17) is 4.74 Å². The van der Waals surface area contributed by atoms with Gasteiger partial charge in [-0.15, -0.1) is 0 Å². The number of carbonyl (C=O) groups excluding carboxylic acids is 2. The number of rotatable bonds is 10. The lowest BCUT2D eigenvalue weighted by Gasteiger charge is -2.58. The molecule has 4 saturated carbocycles. The average molecular weight is 617 g/mol. The van der Waals surface area contributed by atoms with Gasteiger partial charge >= 0.3 is 0 Å². The summed E-state index contributed by atoms with van der Waals surface area (Å²) in [5, 5.41) is 24.5. The van der Waals surface area contributed by atoms with Crippen molar-refractivity contribution < 1.29 is 24.4 Å². The Morgan fingerprint density at radius 3 is 2.18 bits per heavy atom. The number of non-ortho nitro benzene ring substituents is 1. The summed E-state index contributed by atoms with van der Waals surface area (Å²) in [5.41, 5.74) is 0.928. The second kappa shape index (κ2) is 12.1. The van der Waals surface area contributed by atoms with Gasteiger partial charge in [0.05, 0.1) is 30.8 Å². The number of amides is 2. The van der Waals surface area contributed by atoms with Crippen LogP contribution in [0.5, 0.6) is 0 Å². The lowest BCUT2D eigenvalue weighted by Crippen LogP contribution is -2.54. The maximum absolute atomic E-state index is 14.7. The molecule has 6 fully saturated rings. The molecule has 2 aromatic carbocycles. The number of nitro groups is 1. The fraction of sp³-hybridized carbons (Fsp3) is 0.600. The molecular formula is C35H44N4O6. The Hall–Kier alpha value is -3.34. The van der Waals surface area contributed by atoms with Crippen molar-refractivity contribution in [3.05, 3.63) is 75.3 Å². The van der Waals surface area contributed by atoms with Crippen molar-refractivity contribution in [1.29, 1.82) is 0 Å². The Bertz CT molecular complexity index is 1390. The molecule has 2 amide bonds. The van der Waals surface area contributed by atoms with E-state index in [2.05, 4.69) is 10.2 Å². The van der Waals surface area contributed by atoms with Crippen LogP contribution in [-0.4, -0.2) is 77.6 Å². The summed E-state index contributed by atoms with van der Waals surface area (Å²) in [6.07, 6.45) is 7.30. The Morgan fingerprint density at radius 1 is 0.978 bits per heavy atom. The molecule has 6 aliphatic rings. The molecule has 8 rings (SSSR count). The number of carbonyl (C=O) groups is 2. The molecule has 0 aromatic heterocycles. The van der Waals surface area contributed by atoms with Gasteiger partial charge in [-0.05, 0) is 78.4 Å². The molecule has 2 aromatic rings. The van der Waals surface area contributed by atoms with E-state index >= 15 is 0 Å². The molecule has 45 heavy (non-hydrogen) atoms. The second-order valence-corrected chi connectivity index (χ2v) is 14.4. The van der Waals surface area contributed by atoms with Crippen molar-refractivity contribution >= 4 is 17.5 Å². The van der Waals surface area contributed by atoms with Crippen molar-refractivity contribution in [2.75, 3.05) is 45.9 Å². The molecule has 10 heteroatoms. The predicted molar refractivity (Wildman–Crippen MR) is 167 cm³/mol. The predicted octanol–water partition coefficient (Wildman–Crippen LogP) is 3.96. The standard InChI is InChI=1S/C35H44N4O6/c40-22-24-1-3-28(4-2-24)32-35(29-5-7-30(8-6-29)39(43)44,33(42)36-9-10-37-11-13-45-14-12-37)21-31(41)38(32)23-34-18-25-15-26(19-34)17-27(16-25)20-34/h1-8,25-27,32,40H,9-23H2,(H,36,42)/t25?,26?,27?,32-,34?,35-/m1/s1. The van der Waals surface area contributed by atoms with Gasteiger partial charge in [-0.25, -0.2) is 0 Å². The molecule has 2 N–H and O–H groups in total. The van der Waals surface area contributed by atoms with Crippen LogP contribution in [-0.2, 0) is 26.3 Å². The zero-order valence-electron chi connectivity index (χ0n) is 25.9. The van der Waals surface area contributed by atoms with Crippen LogP contribution < -0.4 is 5.32 Å². The Balaban J connectivity index is 1.28. The van der Waals surface area contributed by atoms with Crippen molar-refractivity contribution in [2.24, 2.45) is 23.2 Å². The first-order valence-electron chi connectivity index (χ1n) is 16.6. The lowest BCUT2D eigenvalue weighted by atomic mass is 9.49. The van der Waals surface area contributed by atoms with Gasteiger partial charge in [0.15, 0.2) is 0 Å². The highest BCUT2D eigenvalue weighted by Crippen LogP contribution is 2.62. The van der Waals surface area contributed by atoms with E-state index in [0.717, 1.165) is 61.2 Å².